The number of benzene rings is 1. The predicted octanol–water partition coefficient (Wildman–Crippen LogP) is 1.88. The van der Waals surface area contributed by atoms with E-state index in [2.05, 4.69) is 5.32 Å². The topological polar surface area (TPSA) is 89.1 Å². The van der Waals surface area contributed by atoms with Gasteiger partial charge in [0.1, 0.15) is 23.5 Å². The summed E-state index contributed by atoms with van der Waals surface area (Å²) in [6.45, 7) is 0. The van der Waals surface area contributed by atoms with E-state index >= 15 is 0 Å². The molecule has 0 unspecified atom stereocenters. The maximum atomic E-state index is 13.0. The number of hydrogen-bond donors (Lipinski definition) is 2. The van der Waals surface area contributed by atoms with Crippen LogP contribution >= 0.6 is 0 Å². The quantitative estimate of drug-likeness (QED) is 0.778. The average molecular weight is 233 g/mol. The third kappa shape index (κ3) is 2.86. The third-order valence-electron chi connectivity index (χ3n) is 1.88. The fraction of sp³-hybridized carbons (Fsp3) is 0.0909. The molecular weight excluding hydrogens is 225 g/mol. The molecular formula is C11H8FN3O2. The Morgan fingerprint density at radius 3 is 2.65 bits per heavy atom. The Morgan fingerprint density at radius 2 is 2.12 bits per heavy atom. The van der Waals surface area contributed by atoms with Crippen molar-refractivity contribution in [2.45, 2.75) is 0 Å². The zero-order valence-electron chi connectivity index (χ0n) is 8.86. The molecule has 1 aromatic rings. The van der Waals surface area contributed by atoms with Crippen molar-refractivity contribution in [2.24, 2.45) is 0 Å². The van der Waals surface area contributed by atoms with Crippen molar-refractivity contribution < 1.29 is 14.2 Å². The lowest BCUT2D eigenvalue weighted by molar-refractivity contribution is 0.401. The van der Waals surface area contributed by atoms with Gasteiger partial charge in [-0.15, -0.1) is 0 Å². The van der Waals surface area contributed by atoms with E-state index in [1.807, 2.05) is 0 Å². The van der Waals surface area contributed by atoms with E-state index in [9.17, 15) is 9.50 Å². The number of allylic oxidation sites excluding steroid dienone is 1. The van der Waals surface area contributed by atoms with Gasteiger partial charge in [0.25, 0.3) is 0 Å². The van der Waals surface area contributed by atoms with Gasteiger partial charge in [-0.25, -0.2) is 4.39 Å². The van der Waals surface area contributed by atoms with Crippen LogP contribution in [0.25, 0.3) is 0 Å². The Kier molecular flexibility index (Phi) is 3.91. The first-order chi connectivity index (χ1) is 8.12. The van der Waals surface area contributed by atoms with Gasteiger partial charge in [0, 0.05) is 18.3 Å². The first-order valence-corrected chi connectivity index (χ1v) is 4.45. The number of phenolic OH excluding ortho intramolecular Hbond substituents is 1. The fourth-order valence-electron chi connectivity index (χ4n) is 1.06. The number of aromatic hydroxyl groups is 1. The van der Waals surface area contributed by atoms with Crippen LogP contribution in [0.2, 0.25) is 0 Å². The number of anilines is 1. The predicted molar refractivity (Wildman–Crippen MR) is 57.5 cm³/mol. The summed E-state index contributed by atoms with van der Waals surface area (Å²) in [5.74, 6) is -1.24. The molecule has 0 saturated heterocycles. The first-order valence-electron chi connectivity index (χ1n) is 4.45. The van der Waals surface area contributed by atoms with Crippen molar-refractivity contribution in [1.82, 2.24) is 0 Å². The van der Waals surface area contributed by atoms with Crippen LogP contribution in [0.15, 0.2) is 23.9 Å². The lowest BCUT2D eigenvalue weighted by Crippen LogP contribution is -1.95. The van der Waals surface area contributed by atoms with Crippen LogP contribution in [0.4, 0.5) is 10.1 Å². The minimum absolute atomic E-state index is 0.145. The molecule has 0 radical (unpaired) electrons. The Morgan fingerprint density at radius 1 is 1.47 bits per heavy atom. The van der Waals surface area contributed by atoms with Crippen LogP contribution in [0, 0.1) is 28.5 Å². The molecule has 5 nitrogen and oxygen atoms in total. The normalized spacial score (nSPS) is 8.71. The highest BCUT2D eigenvalue weighted by Crippen LogP contribution is 2.31. The van der Waals surface area contributed by atoms with Crippen LogP contribution in [0.3, 0.4) is 0 Å². The van der Waals surface area contributed by atoms with E-state index in [4.69, 9.17) is 15.3 Å². The van der Waals surface area contributed by atoms with Gasteiger partial charge >= 0.3 is 0 Å². The summed E-state index contributed by atoms with van der Waals surface area (Å²) < 4.78 is 17.9. The zero-order valence-corrected chi connectivity index (χ0v) is 8.86. The summed E-state index contributed by atoms with van der Waals surface area (Å²) in [6.07, 6.45) is 1.13. The number of methoxy groups -OCH3 is 1. The first kappa shape index (κ1) is 12.3. The Balaban J connectivity index is 3.08. The summed E-state index contributed by atoms with van der Waals surface area (Å²) >= 11 is 0. The standard InChI is InChI=1S/C11H8FN3O2/c1-17-11-2-8(12)10(16)3-9(11)15-6-7(4-13)5-14/h2-3,6,15-16H,1H3. The second kappa shape index (κ2) is 5.38. The second-order valence-corrected chi connectivity index (χ2v) is 2.93. The third-order valence-corrected chi connectivity index (χ3v) is 1.88. The Bertz CT molecular complexity index is 525. The largest absolute Gasteiger partial charge is 0.505 e. The maximum absolute atomic E-state index is 13.0. The van der Waals surface area contributed by atoms with Crippen molar-refractivity contribution in [3.8, 4) is 23.6 Å². The average Bonchev–Trinajstić information content (AvgIpc) is 2.34. The highest BCUT2D eigenvalue weighted by atomic mass is 19.1. The Labute approximate surface area is 97.0 Å². The molecule has 0 bridgehead atoms. The molecule has 0 aliphatic heterocycles. The maximum Gasteiger partial charge on any atom is 0.168 e. The molecule has 0 atom stereocenters. The molecule has 1 aromatic carbocycles. The summed E-state index contributed by atoms with van der Waals surface area (Å²) in [6, 6.07) is 5.38. The summed E-state index contributed by atoms with van der Waals surface area (Å²) in [5.41, 5.74) is 0.0882. The molecule has 17 heavy (non-hydrogen) atoms. The van der Waals surface area contributed by atoms with Gasteiger partial charge in [-0.05, 0) is 0 Å². The molecule has 0 spiro atoms. The summed E-state index contributed by atoms with van der Waals surface area (Å²) in [5, 5.41) is 28.8. The van der Waals surface area contributed by atoms with Gasteiger partial charge in [0.2, 0.25) is 0 Å². The van der Waals surface area contributed by atoms with Crippen LogP contribution < -0.4 is 10.1 Å². The smallest absolute Gasteiger partial charge is 0.168 e. The lowest BCUT2D eigenvalue weighted by Gasteiger charge is -2.09. The van der Waals surface area contributed by atoms with Crippen molar-refractivity contribution in [2.75, 3.05) is 12.4 Å². The highest BCUT2D eigenvalue weighted by molar-refractivity contribution is 5.62. The van der Waals surface area contributed by atoms with E-state index in [-0.39, 0.29) is 17.0 Å². The molecule has 0 aliphatic rings. The number of nitrogens with zero attached hydrogens (tertiary/aromatic N) is 2. The van der Waals surface area contributed by atoms with Gasteiger partial charge in [-0.2, -0.15) is 10.5 Å². The SMILES string of the molecule is COc1cc(F)c(O)cc1NC=C(C#N)C#N. The molecule has 0 saturated carbocycles. The number of hydrogen-bond acceptors (Lipinski definition) is 5. The van der Waals surface area contributed by atoms with Crippen molar-refractivity contribution >= 4 is 5.69 Å². The van der Waals surface area contributed by atoms with Crippen molar-refractivity contribution in [3.05, 3.63) is 29.7 Å². The van der Waals surface area contributed by atoms with Gasteiger partial charge in [0.05, 0.1) is 12.8 Å². The molecule has 0 aliphatic carbocycles. The molecule has 1 rings (SSSR count). The van der Waals surface area contributed by atoms with Crippen molar-refractivity contribution in [1.29, 1.82) is 10.5 Å². The minimum Gasteiger partial charge on any atom is -0.505 e. The molecule has 86 valence electrons. The van der Waals surface area contributed by atoms with Crippen molar-refractivity contribution in [3.63, 3.8) is 0 Å². The number of halogens is 1. The van der Waals surface area contributed by atoms with E-state index in [0.717, 1.165) is 18.3 Å². The molecule has 0 aromatic heterocycles. The minimum atomic E-state index is -0.822. The zero-order chi connectivity index (χ0) is 12.8. The number of phenols is 1. The van der Waals surface area contributed by atoms with Crippen LogP contribution in [0.5, 0.6) is 11.5 Å². The summed E-state index contributed by atoms with van der Waals surface area (Å²) in [4.78, 5) is 0. The van der Waals surface area contributed by atoms with Crippen LogP contribution in [-0.2, 0) is 0 Å². The van der Waals surface area contributed by atoms with Crippen LogP contribution in [-0.4, -0.2) is 12.2 Å². The number of rotatable bonds is 3. The van der Waals surface area contributed by atoms with Gasteiger partial charge in [-0.3, -0.25) is 0 Å². The van der Waals surface area contributed by atoms with E-state index < -0.39 is 11.6 Å². The molecule has 6 heteroatoms. The summed E-state index contributed by atoms with van der Waals surface area (Å²) in [7, 11) is 1.33. The Hall–Kier alpha value is -2.73. The molecule has 2 N–H and O–H groups in total. The van der Waals surface area contributed by atoms with Crippen LogP contribution in [0.1, 0.15) is 0 Å². The monoisotopic (exact) mass is 233 g/mol. The van der Waals surface area contributed by atoms with Gasteiger partial charge in [-0.1, -0.05) is 0 Å². The van der Waals surface area contributed by atoms with E-state index in [0.29, 0.717) is 0 Å². The highest BCUT2D eigenvalue weighted by Gasteiger charge is 2.08. The number of nitriles is 2. The molecule has 0 fully saturated rings. The second-order valence-electron chi connectivity index (χ2n) is 2.93. The van der Waals surface area contributed by atoms with E-state index in [1.54, 1.807) is 12.1 Å². The fourth-order valence-corrected chi connectivity index (χ4v) is 1.06. The number of nitrogens with one attached hydrogen (secondary N) is 1. The van der Waals surface area contributed by atoms with E-state index in [1.165, 1.54) is 7.11 Å². The van der Waals surface area contributed by atoms with Gasteiger partial charge < -0.3 is 15.2 Å². The van der Waals surface area contributed by atoms with Gasteiger partial charge in [0.15, 0.2) is 11.6 Å². The molecule has 0 heterocycles. The molecule has 0 amide bonds. The number of ether oxygens (including phenoxy) is 1. The lowest BCUT2D eigenvalue weighted by atomic mass is 10.2.